The van der Waals surface area contributed by atoms with Gasteiger partial charge in [0.05, 0.1) is 11.9 Å². The molecule has 0 bridgehead atoms. The Kier molecular flexibility index (Phi) is 35.2. The van der Waals surface area contributed by atoms with Crippen LogP contribution in [0, 0.1) is 0 Å². The summed E-state index contributed by atoms with van der Waals surface area (Å²) in [4.78, 5) is 60.0. The molecule has 18 heteroatoms. The molecule has 180 valence electrons. The number of unbranched alkanes of at least 4 members (excludes halogenated alkanes) is 1. The Morgan fingerprint density at radius 3 is 0.853 bits per heavy atom. The molecular formula is C16H20Ca3O15. The van der Waals surface area contributed by atoms with Gasteiger partial charge in [0.25, 0.3) is 0 Å². The van der Waals surface area contributed by atoms with Gasteiger partial charge in [0, 0.05) is 56.2 Å². The number of hydrogen-bond acceptors (Lipinski definition) is 15. The molecule has 0 aliphatic carbocycles. The summed E-state index contributed by atoms with van der Waals surface area (Å²) < 4.78 is 0. The first-order valence-corrected chi connectivity index (χ1v) is 8.25. The van der Waals surface area contributed by atoms with E-state index in [0.717, 1.165) is 12.8 Å². The zero-order chi connectivity index (χ0) is 25.4. The molecule has 0 heterocycles. The minimum Gasteiger partial charge on any atom is -0.550 e. The maximum atomic E-state index is 10.1. The summed E-state index contributed by atoms with van der Waals surface area (Å²) >= 11 is 0. The molecule has 0 atom stereocenters. The Balaban J connectivity index is -0.0000000897. The summed E-state index contributed by atoms with van der Waals surface area (Å²) in [5, 5.41) is 85.9. The third kappa shape index (κ3) is 27.1. The zero-order valence-electron chi connectivity index (χ0n) is 18.3. The fourth-order valence-electron chi connectivity index (χ4n) is 1.53. The molecule has 0 unspecified atom stereocenters. The average Bonchev–Trinajstić information content (AvgIpc) is 2.53. The van der Waals surface area contributed by atoms with Gasteiger partial charge < -0.3 is 74.7 Å². The number of aliphatic hydroxyl groups excluding tert-OH is 1. The first-order valence-electron chi connectivity index (χ1n) is 8.25. The SMILES string of the molecule is CCCCO.O=C([O-])CC(O)(CC(=O)[O-])C(=O)[O-].O=C([O-])CC(O)(CC(=O)[O-])C(=O)[O-].[Ca+2].[Ca+2].[Ca+2]. The molecule has 0 saturated heterocycles. The number of carbonyl (C=O) groups excluding carboxylic acids is 6. The van der Waals surface area contributed by atoms with Crippen LogP contribution < -0.4 is 30.6 Å². The van der Waals surface area contributed by atoms with Crippen LogP contribution in [0.15, 0.2) is 0 Å². The molecule has 0 aromatic heterocycles. The predicted octanol–water partition coefficient (Wildman–Crippen LogP) is -10.9. The second kappa shape index (κ2) is 25.1. The van der Waals surface area contributed by atoms with Gasteiger partial charge in [0.2, 0.25) is 0 Å². The topological polar surface area (TPSA) is 301 Å². The molecule has 0 aliphatic heterocycles. The van der Waals surface area contributed by atoms with Crippen LogP contribution in [0.5, 0.6) is 0 Å². The van der Waals surface area contributed by atoms with Crippen LogP contribution in [-0.2, 0) is 28.8 Å². The van der Waals surface area contributed by atoms with E-state index in [4.69, 9.17) is 15.3 Å². The summed E-state index contributed by atoms with van der Waals surface area (Å²) in [7, 11) is 0. The van der Waals surface area contributed by atoms with E-state index in [1.165, 1.54) is 0 Å². The van der Waals surface area contributed by atoms with Crippen molar-refractivity contribution in [3.63, 3.8) is 0 Å². The molecule has 0 aromatic carbocycles. The molecule has 34 heavy (non-hydrogen) atoms. The molecule has 0 aromatic rings. The Bertz CT molecular complexity index is 568. The van der Waals surface area contributed by atoms with Gasteiger partial charge in [-0.05, 0) is 6.42 Å². The average molecular weight is 573 g/mol. The van der Waals surface area contributed by atoms with Gasteiger partial charge in [0.15, 0.2) is 0 Å². The fraction of sp³-hybridized carbons (Fsp3) is 0.625. The second-order valence-electron chi connectivity index (χ2n) is 5.91. The van der Waals surface area contributed by atoms with Crippen molar-refractivity contribution >= 4 is 149 Å². The molecule has 3 N–H and O–H groups in total. The standard InChI is InChI=1S/2C6H8O7.C4H10O.3Ca/c2*7-3(8)1-6(13,5(11)12)2-4(9)10;1-2-3-4-5;;;/h2*13H,1-2H2,(H,7,8)(H,9,10)(H,11,12);5H,2-4H2,1H3;;;/q;;;3*+2/p-6. The maximum Gasteiger partial charge on any atom is 2.00 e. The van der Waals surface area contributed by atoms with Crippen molar-refractivity contribution in [1.82, 2.24) is 0 Å². The molecule has 0 radical (unpaired) electrons. The fourth-order valence-corrected chi connectivity index (χ4v) is 1.53. The van der Waals surface area contributed by atoms with Crippen LogP contribution in [0.2, 0.25) is 0 Å². The largest absolute Gasteiger partial charge is 2.00 e. The van der Waals surface area contributed by atoms with Gasteiger partial charge in [-0.1, -0.05) is 13.3 Å². The monoisotopic (exact) mass is 572 g/mol. The van der Waals surface area contributed by atoms with Gasteiger partial charge in [-0.15, -0.1) is 0 Å². The third-order valence-electron chi connectivity index (χ3n) is 3.02. The van der Waals surface area contributed by atoms with Crippen molar-refractivity contribution in [2.75, 3.05) is 6.61 Å². The molecule has 0 spiro atoms. The van der Waals surface area contributed by atoms with Crippen molar-refractivity contribution in [2.24, 2.45) is 0 Å². The van der Waals surface area contributed by atoms with Crippen LogP contribution in [0.3, 0.4) is 0 Å². The summed E-state index contributed by atoms with van der Waals surface area (Å²) in [5.41, 5.74) is -5.95. The van der Waals surface area contributed by atoms with E-state index in [2.05, 4.69) is 6.92 Å². The molecule has 0 saturated carbocycles. The number of carboxylic acid groups (broad SMARTS) is 6. The second-order valence-corrected chi connectivity index (χ2v) is 5.91. The molecular weight excluding hydrogens is 552 g/mol. The van der Waals surface area contributed by atoms with Crippen LogP contribution in [0.25, 0.3) is 0 Å². The van der Waals surface area contributed by atoms with E-state index in [1.54, 1.807) is 0 Å². The first-order chi connectivity index (χ1) is 14.0. The van der Waals surface area contributed by atoms with Gasteiger partial charge in [0.1, 0.15) is 11.2 Å². The Hall–Kier alpha value is 0.479. The minimum atomic E-state index is -2.97. The normalized spacial score (nSPS) is 9.53. The first kappa shape index (κ1) is 47.6. The third-order valence-corrected chi connectivity index (χ3v) is 3.02. The Morgan fingerprint density at radius 1 is 0.588 bits per heavy atom. The number of carboxylic acids is 6. The van der Waals surface area contributed by atoms with Crippen LogP contribution in [0.1, 0.15) is 45.4 Å². The quantitative estimate of drug-likeness (QED) is 0.183. The summed E-state index contributed by atoms with van der Waals surface area (Å²) in [6.45, 7) is 2.40. The van der Waals surface area contributed by atoms with Crippen molar-refractivity contribution in [2.45, 2.75) is 56.7 Å². The summed E-state index contributed by atoms with van der Waals surface area (Å²) in [5.74, 6) is -12.0. The maximum absolute atomic E-state index is 10.1. The van der Waals surface area contributed by atoms with E-state index in [9.17, 15) is 59.4 Å². The van der Waals surface area contributed by atoms with E-state index < -0.39 is 72.7 Å². The van der Waals surface area contributed by atoms with Crippen molar-refractivity contribution in [1.29, 1.82) is 0 Å². The predicted molar refractivity (Wildman–Crippen MR) is 97.7 cm³/mol. The Labute approximate surface area is 283 Å². The zero-order valence-corrected chi connectivity index (χ0v) is 24.9. The van der Waals surface area contributed by atoms with Crippen molar-refractivity contribution in [3.8, 4) is 0 Å². The van der Waals surface area contributed by atoms with Gasteiger partial charge >= 0.3 is 113 Å². The van der Waals surface area contributed by atoms with Crippen molar-refractivity contribution < 1.29 is 74.7 Å². The van der Waals surface area contributed by atoms with E-state index >= 15 is 0 Å². The summed E-state index contributed by atoms with van der Waals surface area (Å²) in [6, 6.07) is 0. The van der Waals surface area contributed by atoms with Gasteiger partial charge in [-0.3, -0.25) is 0 Å². The summed E-state index contributed by atoms with van der Waals surface area (Å²) in [6.07, 6.45) is -3.39. The van der Waals surface area contributed by atoms with Gasteiger partial charge in [-0.2, -0.15) is 0 Å². The van der Waals surface area contributed by atoms with Crippen LogP contribution >= 0.6 is 0 Å². The number of aliphatic hydroxyl groups is 3. The van der Waals surface area contributed by atoms with Crippen LogP contribution in [-0.4, -0.2) is 182 Å². The number of hydrogen-bond donors (Lipinski definition) is 3. The number of aliphatic carboxylic acids is 6. The van der Waals surface area contributed by atoms with E-state index in [-0.39, 0.29) is 113 Å². The molecule has 0 amide bonds. The molecule has 0 aliphatic rings. The molecule has 0 fully saturated rings. The number of rotatable bonds is 12. The van der Waals surface area contributed by atoms with Crippen molar-refractivity contribution in [3.05, 3.63) is 0 Å². The minimum absolute atomic E-state index is 0. The van der Waals surface area contributed by atoms with E-state index in [1.807, 2.05) is 0 Å². The molecule has 0 rings (SSSR count). The Morgan fingerprint density at radius 2 is 0.794 bits per heavy atom. The van der Waals surface area contributed by atoms with Gasteiger partial charge in [-0.25, -0.2) is 0 Å². The van der Waals surface area contributed by atoms with E-state index in [0.29, 0.717) is 6.61 Å². The molecule has 15 nitrogen and oxygen atoms in total. The van der Waals surface area contributed by atoms with Crippen LogP contribution in [0.4, 0.5) is 0 Å². The number of carbonyl (C=O) groups is 6. The smallest absolute Gasteiger partial charge is 0.550 e.